The van der Waals surface area contributed by atoms with Crippen LogP contribution in [-0.2, 0) is 9.47 Å². The Labute approximate surface area is 80.6 Å². The van der Waals surface area contributed by atoms with E-state index in [9.17, 15) is 0 Å². The van der Waals surface area contributed by atoms with Crippen molar-refractivity contribution < 1.29 is 9.47 Å². The molecule has 1 saturated heterocycles. The molecule has 1 rings (SSSR count). The molecule has 1 aliphatic heterocycles. The highest BCUT2D eigenvalue weighted by molar-refractivity contribution is 4.75. The number of ether oxygens (including phenoxy) is 2. The van der Waals surface area contributed by atoms with Crippen molar-refractivity contribution in [1.82, 2.24) is 0 Å². The monoisotopic (exact) mass is 187 g/mol. The molecule has 0 aromatic rings. The first-order valence-corrected chi connectivity index (χ1v) is 5.25. The van der Waals surface area contributed by atoms with E-state index < -0.39 is 0 Å². The molecule has 0 amide bonds. The van der Waals surface area contributed by atoms with Crippen molar-refractivity contribution in [3.05, 3.63) is 0 Å². The second-order valence-corrected chi connectivity index (χ2v) is 3.72. The second-order valence-electron chi connectivity index (χ2n) is 3.72. The van der Waals surface area contributed by atoms with Crippen molar-refractivity contribution in [2.75, 3.05) is 26.4 Å². The van der Waals surface area contributed by atoms with Gasteiger partial charge >= 0.3 is 0 Å². The first kappa shape index (κ1) is 11.0. The van der Waals surface area contributed by atoms with Crippen LogP contribution in [0.2, 0.25) is 0 Å². The van der Waals surface area contributed by atoms with E-state index in [4.69, 9.17) is 15.2 Å². The SMILES string of the molecule is CCCCOCC(N)C1CCOC1. The van der Waals surface area contributed by atoms with Gasteiger partial charge in [0.25, 0.3) is 0 Å². The van der Waals surface area contributed by atoms with Gasteiger partial charge < -0.3 is 15.2 Å². The maximum Gasteiger partial charge on any atom is 0.0621 e. The third kappa shape index (κ3) is 4.07. The lowest BCUT2D eigenvalue weighted by Crippen LogP contribution is -2.35. The molecule has 1 aliphatic rings. The van der Waals surface area contributed by atoms with Gasteiger partial charge in [-0.05, 0) is 12.8 Å². The molecule has 0 aliphatic carbocycles. The number of nitrogens with two attached hydrogens (primary N) is 1. The van der Waals surface area contributed by atoms with Crippen LogP contribution in [0, 0.1) is 5.92 Å². The van der Waals surface area contributed by atoms with Crippen molar-refractivity contribution >= 4 is 0 Å². The zero-order chi connectivity index (χ0) is 9.52. The summed E-state index contributed by atoms with van der Waals surface area (Å²) in [6.07, 6.45) is 3.41. The van der Waals surface area contributed by atoms with Crippen molar-refractivity contribution in [2.24, 2.45) is 11.7 Å². The standard InChI is InChI=1S/C10H21NO2/c1-2-3-5-12-8-10(11)9-4-6-13-7-9/h9-10H,2-8,11H2,1H3. The van der Waals surface area contributed by atoms with Gasteiger partial charge in [-0.25, -0.2) is 0 Å². The average Bonchev–Trinajstić information content (AvgIpc) is 2.65. The average molecular weight is 187 g/mol. The van der Waals surface area contributed by atoms with Gasteiger partial charge in [0.05, 0.1) is 13.2 Å². The van der Waals surface area contributed by atoms with Gasteiger partial charge in [-0.15, -0.1) is 0 Å². The molecule has 3 nitrogen and oxygen atoms in total. The van der Waals surface area contributed by atoms with Crippen LogP contribution in [0.4, 0.5) is 0 Å². The smallest absolute Gasteiger partial charge is 0.0621 e. The summed E-state index contributed by atoms with van der Waals surface area (Å²) in [5.41, 5.74) is 5.96. The molecule has 78 valence electrons. The van der Waals surface area contributed by atoms with E-state index in [1.165, 1.54) is 6.42 Å². The van der Waals surface area contributed by atoms with E-state index in [1.54, 1.807) is 0 Å². The third-order valence-electron chi connectivity index (χ3n) is 2.52. The van der Waals surface area contributed by atoms with E-state index >= 15 is 0 Å². The zero-order valence-electron chi connectivity index (χ0n) is 8.50. The molecule has 2 atom stereocenters. The molecule has 2 unspecified atom stereocenters. The van der Waals surface area contributed by atoms with E-state index in [0.717, 1.165) is 32.7 Å². The molecule has 3 heteroatoms. The van der Waals surface area contributed by atoms with Crippen LogP contribution in [0.3, 0.4) is 0 Å². The quantitative estimate of drug-likeness (QED) is 0.635. The maximum absolute atomic E-state index is 5.96. The van der Waals surface area contributed by atoms with Gasteiger partial charge in [-0.1, -0.05) is 13.3 Å². The number of unbranched alkanes of at least 4 members (excludes halogenated alkanes) is 1. The van der Waals surface area contributed by atoms with Crippen LogP contribution in [0.5, 0.6) is 0 Å². The lowest BCUT2D eigenvalue weighted by molar-refractivity contribution is 0.0974. The summed E-state index contributed by atoms with van der Waals surface area (Å²) < 4.78 is 10.7. The first-order valence-electron chi connectivity index (χ1n) is 5.25. The van der Waals surface area contributed by atoms with E-state index in [-0.39, 0.29) is 6.04 Å². The van der Waals surface area contributed by atoms with Crippen LogP contribution >= 0.6 is 0 Å². The maximum atomic E-state index is 5.96. The Bertz CT molecular complexity index is 124. The van der Waals surface area contributed by atoms with Gasteiger partial charge in [-0.2, -0.15) is 0 Å². The summed E-state index contributed by atoms with van der Waals surface area (Å²) in [5.74, 6) is 0.515. The Hall–Kier alpha value is -0.120. The molecule has 0 bridgehead atoms. The Kier molecular flexibility index (Phi) is 5.35. The summed E-state index contributed by atoms with van der Waals surface area (Å²) in [4.78, 5) is 0. The molecular weight excluding hydrogens is 166 g/mol. The molecule has 1 fully saturated rings. The van der Waals surface area contributed by atoms with E-state index in [2.05, 4.69) is 6.92 Å². The minimum absolute atomic E-state index is 0.166. The lowest BCUT2D eigenvalue weighted by Gasteiger charge is -2.17. The van der Waals surface area contributed by atoms with Crippen LogP contribution in [-0.4, -0.2) is 32.5 Å². The summed E-state index contributed by atoms with van der Waals surface area (Å²) in [7, 11) is 0. The summed E-state index contributed by atoms with van der Waals surface area (Å²) in [6.45, 7) is 5.38. The third-order valence-corrected chi connectivity index (χ3v) is 2.52. The van der Waals surface area contributed by atoms with Gasteiger partial charge in [-0.3, -0.25) is 0 Å². The normalized spacial score (nSPS) is 24.9. The molecule has 2 N–H and O–H groups in total. The Morgan fingerprint density at radius 1 is 1.62 bits per heavy atom. The van der Waals surface area contributed by atoms with Gasteiger partial charge in [0.2, 0.25) is 0 Å². The van der Waals surface area contributed by atoms with E-state index in [1.807, 2.05) is 0 Å². The second kappa shape index (κ2) is 6.35. The fraction of sp³-hybridized carbons (Fsp3) is 1.00. The molecular formula is C10H21NO2. The first-order chi connectivity index (χ1) is 6.34. The Morgan fingerprint density at radius 3 is 3.08 bits per heavy atom. The molecule has 0 saturated carbocycles. The highest BCUT2D eigenvalue weighted by atomic mass is 16.5. The Morgan fingerprint density at radius 2 is 2.46 bits per heavy atom. The minimum atomic E-state index is 0.166. The highest BCUT2D eigenvalue weighted by Gasteiger charge is 2.22. The molecule has 1 heterocycles. The molecule has 0 spiro atoms. The predicted molar refractivity (Wildman–Crippen MR) is 52.6 cm³/mol. The Balaban J connectivity index is 1.99. The van der Waals surface area contributed by atoms with Crippen LogP contribution in [0.1, 0.15) is 26.2 Å². The predicted octanol–water partition coefficient (Wildman–Crippen LogP) is 1.17. The fourth-order valence-corrected chi connectivity index (χ4v) is 1.49. The molecule has 0 aromatic carbocycles. The largest absolute Gasteiger partial charge is 0.381 e. The molecule has 0 aromatic heterocycles. The van der Waals surface area contributed by atoms with Gasteiger partial charge in [0, 0.05) is 25.2 Å². The van der Waals surface area contributed by atoms with Gasteiger partial charge in [0.1, 0.15) is 0 Å². The van der Waals surface area contributed by atoms with Crippen LogP contribution < -0.4 is 5.73 Å². The topological polar surface area (TPSA) is 44.5 Å². The zero-order valence-corrected chi connectivity index (χ0v) is 8.50. The molecule has 13 heavy (non-hydrogen) atoms. The number of rotatable bonds is 6. The van der Waals surface area contributed by atoms with Crippen molar-refractivity contribution in [3.8, 4) is 0 Å². The minimum Gasteiger partial charge on any atom is -0.381 e. The summed E-state index contributed by atoms with van der Waals surface area (Å²) in [5, 5.41) is 0. The number of hydrogen-bond acceptors (Lipinski definition) is 3. The lowest BCUT2D eigenvalue weighted by atomic mass is 10.0. The van der Waals surface area contributed by atoms with Crippen LogP contribution in [0.15, 0.2) is 0 Å². The van der Waals surface area contributed by atoms with E-state index in [0.29, 0.717) is 12.5 Å². The van der Waals surface area contributed by atoms with Crippen molar-refractivity contribution in [1.29, 1.82) is 0 Å². The summed E-state index contributed by atoms with van der Waals surface area (Å²) in [6, 6.07) is 0.166. The summed E-state index contributed by atoms with van der Waals surface area (Å²) >= 11 is 0. The highest BCUT2D eigenvalue weighted by Crippen LogP contribution is 2.15. The van der Waals surface area contributed by atoms with Crippen LogP contribution in [0.25, 0.3) is 0 Å². The van der Waals surface area contributed by atoms with Gasteiger partial charge in [0.15, 0.2) is 0 Å². The molecule has 0 radical (unpaired) electrons. The van der Waals surface area contributed by atoms with Crippen molar-refractivity contribution in [3.63, 3.8) is 0 Å². The van der Waals surface area contributed by atoms with Crippen molar-refractivity contribution in [2.45, 2.75) is 32.2 Å². The fourth-order valence-electron chi connectivity index (χ4n) is 1.49. The number of hydrogen-bond donors (Lipinski definition) is 1.